The first-order chi connectivity index (χ1) is 9.51. The van der Waals surface area contributed by atoms with Gasteiger partial charge >= 0.3 is 0 Å². The molecule has 0 bridgehead atoms. The molecule has 1 amide bonds. The van der Waals surface area contributed by atoms with Crippen LogP contribution in [0.4, 0.5) is 0 Å². The standard InChI is InChI=1S/C14H24N2O3S/c1-10-3-6-16(9-11(10)18-2)13(17)14(12(15)20)4-7-19-8-5-14/h10-11H,3-9H2,1-2H3,(H2,15,20). The summed E-state index contributed by atoms with van der Waals surface area (Å²) in [5.41, 5.74) is 5.19. The van der Waals surface area contributed by atoms with Crippen LogP contribution in [-0.4, -0.2) is 55.3 Å². The molecule has 2 unspecified atom stereocenters. The Morgan fingerprint density at radius 3 is 2.65 bits per heavy atom. The molecule has 2 N–H and O–H groups in total. The quantitative estimate of drug-likeness (QED) is 0.786. The number of thiocarbonyl (C=S) groups is 1. The zero-order valence-corrected chi connectivity index (χ0v) is 13.1. The van der Waals surface area contributed by atoms with Crippen LogP contribution in [0.2, 0.25) is 0 Å². The normalized spacial score (nSPS) is 30.0. The molecule has 2 saturated heterocycles. The summed E-state index contributed by atoms with van der Waals surface area (Å²) in [4.78, 5) is 15.1. The van der Waals surface area contributed by atoms with E-state index in [2.05, 4.69) is 6.92 Å². The molecule has 0 aromatic heterocycles. The van der Waals surface area contributed by atoms with E-state index in [1.54, 1.807) is 7.11 Å². The van der Waals surface area contributed by atoms with Gasteiger partial charge in [-0.1, -0.05) is 19.1 Å². The van der Waals surface area contributed by atoms with Gasteiger partial charge < -0.3 is 20.1 Å². The van der Waals surface area contributed by atoms with Gasteiger partial charge in [0.25, 0.3) is 0 Å². The number of amides is 1. The third-order valence-electron chi connectivity index (χ3n) is 4.71. The topological polar surface area (TPSA) is 64.8 Å². The molecule has 0 aliphatic carbocycles. The molecule has 2 rings (SSSR count). The van der Waals surface area contributed by atoms with E-state index in [1.165, 1.54) is 0 Å². The number of rotatable bonds is 3. The van der Waals surface area contributed by atoms with Crippen molar-refractivity contribution in [3.63, 3.8) is 0 Å². The number of ether oxygens (including phenoxy) is 2. The van der Waals surface area contributed by atoms with Crippen LogP contribution >= 0.6 is 12.2 Å². The molecule has 2 fully saturated rings. The second-order valence-electron chi connectivity index (χ2n) is 5.85. The van der Waals surface area contributed by atoms with E-state index in [0.717, 1.165) is 13.0 Å². The molecule has 0 radical (unpaired) electrons. The predicted octanol–water partition coefficient (Wildman–Crippen LogP) is 0.953. The van der Waals surface area contributed by atoms with Gasteiger partial charge in [-0.15, -0.1) is 0 Å². The summed E-state index contributed by atoms with van der Waals surface area (Å²) in [6, 6.07) is 0. The lowest BCUT2D eigenvalue weighted by molar-refractivity contribution is -0.147. The van der Waals surface area contributed by atoms with Crippen molar-refractivity contribution in [1.82, 2.24) is 4.90 Å². The molecule has 6 heteroatoms. The number of likely N-dealkylation sites (tertiary alicyclic amines) is 1. The number of hydrogen-bond acceptors (Lipinski definition) is 4. The van der Waals surface area contributed by atoms with E-state index in [4.69, 9.17) is 27.4 Å². The Bertz CT molecular complexity index is 383. The lowest BCUT2D eigenvalue weighted by Crippen LogP contribution is -2.57. The summed E-state index contributed by atoms with van der Waals surface area (Å²) >= 11 is 5.20. The number of nitrogens with two attached hydrogens (primary N) is 1. The first-order valence-electron chi connectivity index (χ1n) is 7.21. The number of piperidine rings is 1. The van der Waals surface area contributed by atoms with Gasteiger partial charge in [0, 0.05) is 33.4 Å². The van der Waals surface area contributed by atoms with Gasteiger partial charge in [0.15, 0.2) is 0 Å². The van der Waals surface area contributed by atoms with Crippen molar-refractivity contribution in [3.05, 3.63) is 0 Å². The number of methoxy groups -OCH3 is 1. The van der Waals surface area contributed by atoms with Crippen molar-refractivity contribution >= 4 is 23.1 Å². The zero-order chi connectivity index (χ0) is 14.8. The van der Waals surface area contributed by atoms with Gasteiger partial charge in [-0.2, -0.15) is 0 Å². The van der Waals surface area contributed by atoms with Crippen LogP contribution in [-0.2, 0) is 14.3 Å². The maximum atomic E-state index is 12.9. The summed E-state index contributed by atoms with van der Waals surface area (Å²) in [6.07, 6.45) is 2.22. The molecule has 0 saturated carbocycles. The minimum absolute atomic E-state index is 0.0576. The predicted molar refractivity (Wildman–Crippen MR) is 80.4 cm³/mol. The van der Waals surface area contributed by atoms with Gasteiger partial charge in [-0.3, -0.25) is 4.79 Å². The molecule has 0 spiro atoms. The van der Waals surface area contributed by atoms with Gasteiger partial charge in [-0.05, 0) is 25.2 Å². The molecule has 5 nitrogen and oxygen atoms in total. The molecule has 2 aliphatic rings. The van der Waals surface area contributed by atoms with Crippen molar-refractivity contribution in [2.45, 2.75) is 32.3 Å². The van der Waals surface area contributed by atoms with Crippen molar-refractivity contribution in [2.24, 2.45) is 17.1 Å². The van der Waals surface area contributed by atoms with Crippen LogP contribution < -0.4 is 5.73 Å². The fourth-order valence-electron chi connectivity index (χ4n) is 3.11. The highest BCUT2D eigenvalue weighted by Crippen LogP contribution is 2.35. The highest BCUT2D eigenvalue weighted by molar-refractivity contribution is 7.80. The van der Waals surface area contributed by atoms with Crippen LogP contribution in [0.1, 0.15) is 26.2 Å². The summed E-state index contributed by atoms with van der Waals surface area (Å²) in [5.74, 6) is 0.529. The molecule has 0 aromatic rings. The summed E-state index contributed by atoms with van der Waals surface area (Å²) in [7, 11) is 1.70. The van der Waals surface area contributed by atoms with Crippen LogP contribution in [0.15, 0.2) is 0 Å². The fraction of sp³-hybridized carbons (Fsp3) is 0.857. The average Bonchev–Trinajstić information content (AvgIpc) is 2.47. The highest BCUT2D eigenvalue weighted by Gasteiger charge is 2.46. The largest absolute Gasteiger partial charge is 0.392 e. The van der Waals surface area contributed by atoms with E-state index in [0.29, 0.717) is 43.5 Å². The van der Waals surface area contributed by atoms with E-state index < -0.39 is 5.41 Å². The first-order valence-corrected chi connectivity index (χ1v) is 7.62. The Morgan fingerprint density at radius 2 is 2.10 bits per heavy atom. The molecular weight excluding hydrogens is 276 g/mol. The summed E-state index contributed by atoms with van der Waals surface area (Å²) in [5, 5.41) is 0. The Morgan fingerprint density at radius 1 is 1.45 bits per heavy atom. The molecule has 2 heterocycles. The van der Waals surface area contributed by atoms with Gasteiger partial charge in [0.05, 0.1) is 11.1 Å². The van der Waals surface area contributed by atoms with Crippen LogP contribution in [0.25, 0.3) is 0 Å². The third kappa shape index (κ3) is 2.82. The average molecular weight is 300 g/mol. The Kier molecular flexibility index (Phi) is 4.99. The molecule has 20 heavy (non-hydrogen) atoms. The van der Waals surface area contributed by atoms with E-state index in [1.807, 2.05) is 4.90 Å². The van der Waals surface area contributed by atoms with Crippen LogP contribution in [0.3, 0.4) is 0 Å². The van der Waals surface area contributed by atoms with Crippen molar-refractivity contribution in [2.75, 3.05) is 33.4 Å². The zero-order valence-electron chi connectivity index (χ0n) is 12.3. The van der Waals surface area contributed by atoms with Gasteiger partial charge in [-0.25, -0.2) is 0 Å². The Labute approximate surface area is 125 Å². The van der Waals surface area contributed by atoms with Crippen LogP contribution in [0.5, 0.6) is 0 Å². The minimum Gasteiger partial charge on any atom is -0.392 e. The maximum Gasteiger partial charge on any atom is 0.235 e. The second kappa shape index (κ2) is 6.37. The van der Waals surface area contributed by atoms with E-state index in [9.17, 15) is 4.79 Å². The highest BCUT2D eigenvalue weighted by atomic mass is 32.1. The summed E-state index contributed by atoms with van der Waals surface area (Å²) in [6.45, 7) is 4.63. The maximum absolute atomic E-state index is 12.9. The molecule has 2 aliphatic heterocycles. The number of carbonyl (C=O) groups excluding carboxylic acids is 1. The van der Waals surface area contributed by atoms with E-state index >= 15 is 0 Å². The van der Waals surface area contributed by atoms with Crippen LogP contribution in [0, 0.1) is 11.3 Å². The monoisotopic (exact) mass is 300 g/mol. The van der Waals surface area contributed by atoms with Gasteiger partial charge in [0.1, 0.15) is 5.41 Å². The molecule has 114 valence electrons. The fourth-order valence-corrected chi connectivity index (χ4v) is 3.40. The SMILES string of the molecule is COC1CN(C(=O)C2(C(N)=S)CCOCC2)CCC1C. The van der Waals surface area contributed by atoms with E-state index in [-0.39, 0.29) is 12.0 Å². The Balaban J connectivity index is 2.14. The van der Waals surface area contributed by atoms with Gasteiger partial charge in [0.2, 0.25) is 5.91 Å². The second-order valence-corrected chi connectivity index (χ2v) is 6.29. The number of carbonyl (C=O) groups is 1. The molecule has 2 atom stereocenters. The minimum atomic E-state index is -0.716. The molecular formula is C14H24N2O3S. The first kappa shape index (κ1) is 15.7. The third-order valence-corrected chi connectivity index (χ3v) is 5.10. The number of nitrogens with zero attached hydrogens (tertiary/aromatic N) is 1. The van der Waals surface area contributed by atoms with Crippen molar-refractivity contribution in [1.29, 1.82) is 0 Å². The molecule has 0 aromatic carbocycles. The Hall–Kier alpha value is -0.720. The van der Waals surface area contributed by atoms with Crippen molar-refractivity contribution in [3.8, 4) is 0 Å². The lowest BCUT2D eigenvalue weighted by atomic mass is 9.78. The number of hydrogen-bond donors (Lipinski definition) is 1. The van der Waals surface area contributed by atoms with Crippen molar-refractivity contribution < 1.29 is 14.3 Å². The lowest BCUT2D eigenvalue weighted by Gasteiger charge is -2.43. The summed E-state index contributed by atoms with van der Waals surface area (Å²) < 4.78 is 10.8. The smallest absolute Gasteiger partial charge is 0.235 e.